The molecule has 0 heterocycles. The zero-order valence-corrected chi connectivity index (χ0v) is 13.1. The highest BCUT2D eigenvalue weighted by Gasteiger charge is 2.25. The van der Waals surface area contributed by atoms with Crippen LogP contribution in [0.15, 0.2) is 29.2 Å². The molecule has 1 aliphatic rings. The van der Waals surface area contributed by atoms with Crippen LogP contribution in [0.4, 0.5) is 0 Å². The lowest BCUT2D eigenvalue weighted by atomic mass is 9.79. The first-order valence-electron chi connectivity index (χ1n) is 7.26. The van der Waals surface area contributed by atoms with Crippen molar-refractivity contribution in [2.45, 2.75) is 50.0 Å². The standard InChI is InChI=1S/C16H23ClOS/c1-2-12-7-9-13(10-8-12)15(18)11-19-16-6-4-3-5-14(16)17/h3-6,12-13,15,18H,2,7-11H2,1H3. The molecule has 0 aliphatic heterocycles. The molecule has 1 aromatic rings. The van der Waals surface area contributed by atoms with Crippen molar-refractivity contribution < 1.29 is 5.11 Å². The van der Waals surface area contributed by atoms with Gasteiger partial charge in [0.2, 0.25) is 0 Å². The number of hydrogen-bond donors (Lipinski definition) is 1. The van der Waals surface area contributed by atoms with E-state index in [0.29, 0.717) is 5.92 Å². The number of thioether (sulfide) groups is 1. The molecule has 1 aliphatic carbocycles. The van der Waals surface area contributed by atoms with Crippen LogP contribution in [-0.2, 0) is 0 Å². The van der Waals surface area contributed by atoms with Gasteiger partial charge in [-0.2, -0.15) is 0 Å². The molecule has 0 aromatic heterocycles. The third-order valence-electron chi connectivity index (χ3n) is 4.26. The van der Waals surface area contributed by atoms with Gasteiger partial charge in [-0.3, -0.25) is 0 Å². The van der Waals surface area contributed by atoms with Crippen LogP contribution in [0, 0.1) is 11.8 Å². The van der Waals surface area contributed by atoms with Gasteiger partial charge in [0.25, 0.3) is 0 Å². The number of aliphatic hydroxyl groups excluding tert-OH is 1. The van der Waals surface area contributed by atoms with E-state index in [1.807, 2.05) is 24.3 Å². The normalized spacial score (nSPS) is 25.2. The minimum Gasteiger partial charge on any atom is -0.392 e. The monoisotopic (exact) mass is 298 g/mol. The van der Waals surface area contributed by atoms with E-state index in [2.05, 4.69) is 6.92 Å². The fraction of sp³-hybridized carbons (Fsp3) is 0.625. The van der Waals surface area contributed by atoms with Gasteiger partial charge in [0.15, 0.2) is 0 Å². The summed E-state index contributed by atoms with van der Waals surface area (Å²) in [7, 11) is 0. The Morgan fingerprint density at radius 3 is 2.58 bits per heavy atom. The largest absolute Gasteiger partial charge is 0.392 e. The van der Waals surface area contributed by atoms with Gasteiger partial charge in [-0.05, 0) is 36.8 Å². The second-order valence-corrected chi connectivity index (χ2v) is 6.97. The summed E-state index contributed by atoms with van der Waals surface area (Å²) in [5.41, 5.74) is 0. The molecule has 1 atom stereocenters. The molecular weight excluding hydrogens is 276 g/mol. The van der Waals surface area contributed by atoms with Gasteiger partial charge in [0, 0.05) is 10.6 Å². The molecule has 0 amide bonds. The smallest absolute Gasteiger partial charge is 0.0662 e. The van der Waals surface area contributed by atoms with Crippen molar-refractivity contribution in [1.29, 1.82) is 0 Å². The zero-order chi connectivity index (χ0) is 13.7. The third kappa shape index (κ3) is 4.40. The lowest BCUT2D eigenvalue weighted by molar-refractivity contribution is 0.0916. The van der Waals surface area contributed by atoms with Crippen LogP contribution < -0.4 is 0 Å². The van der Waals surface area contributed by atoms with Gasteiger partial charge in [0.1, 0.15) is 0 Å². The highest BCUT2D eigenvalue weighted by molar-refractivity contribution is 7.99. The minimum atomic E-state index is -0.195. The van der Waals surface area contributed by atoms with Crippen LogP contribution in [0.5, 0.6) is 0 Å². The molecule has 1 aromatic carbocycles. The molecule has 1 saturated carbocycles. The summed E-state index contributed by atoms with van der Waals surface area (Å²) in [6.07, 6.45) is 6.03. The van der Waals surface area contributed by atoms with Gasteiger partial charge in [-0.1, -0.05) is 49.9 Å². The molecule has 2 rings (SSSR count). The predicted octanol–water partition coefficient (Wildman–Crippen LogP) is 5.01. The Hall–Kier alpha value is -0.180. The number of hydrogen-bond acceptors (Lipinski definition) is 2. The molecular formula is C16H23ClOS. The average Bonchev–Trinajstić information content (AvgIpc) is 2.46. The van der Waals surface area contributed by atoms with E-state index < -0.39 is 0 Å². The van der Waals surface area contributed by atoms with Crippen LogP contribution >= 0.6 is 23.4 Å². The molecule has 0 bridgehead atoms. The maximum Gasteiger partial charge on any atom is 0.0662 e. The third-order valence-corrected chi connectivity index (χ3v) is 5.88. The Bertz CT molecular complexity index is 388. The topological polar surface area (TPSA) is 20.2 Å². The van der Waals surface area contributed by atoms with Crippen molar-refractivity contribution in [2.24, 2.45) is 11.8 Å². The van der Waals surface area contributed by atoms with E-state index in [-0.39, 0.29) is 6.10 Å². The highest BCUT2D eigenvalue weighted by Crippen LogP contribution is 2.35. The molecule has 0 spiro atoms. The van der Waals surface area contributed by atoms with Crippen molar-refractivity contribution in [2.75, 3.05) is 5.75 Å². The van der Waals surface area contributed by atoms with Crippen molar-refractivity contribution in [3.63, 3.8) is 0 Å². The second-order valence-electron chi connectivity index (χ2n) is 5.50. The fourth-order valence-corrected chi connectivity index (χ4v) is 4.16. The van der Waals surface area contributed by atoms with Crippen LogP contribution in [0.3, 0.4) is 0 Å². The Labute approximate surface area is 125 Å². The van der Waals surface area contributed by atoms with Crippen molar-refractivity contribution >= 4 is 23.4 Å². The Morgan fingerprint density at radius 2 is 1.95 bits per heavy atom. The summed E-state index contributed by atoms with van der Waals surface area (Å²) in [6.45, 7) is 2.27. The minimum absolute atomic E-state index is 0.195. The van der Waals surface area contributed by atoms with Gasteiger partial charge in [-0.15, -0.1) is 11.8 Å². The first-order valence-corrected chi connectivity index (χ1v) is 8.62. The van der Waals surface area contributed by atoms with Gasteiger partial charge < -0.3 is 5.11 Å². The quantitative estimate of drug-likeness (QED) is 0.771. The lowest BCUT2D eigenvalue weighted by Crippen LogP contribution is -2.27. The molecule has 1 fully saturated rings. The highest BCUT2D eigenvalue weighted by atomic mass is 35.5. The van der Waals surface area contributed by atoms with Crippen molar-refractivity contribution in [3.8, 4) is 0 Å². The van der Waals surface area contributed by atoms with E-state index >= 15 is 0 Å². The summed E-state index contributed by atoms with van der Waals surface area (Å²) < 4.78 is 0. The molecule has 3 heteroatoms. The second kappa shape index (κ2) is 7.56. The van der Waals surface area contributed by atoms with Crippen molar-refractivity contribution in [3.05, 3.63) is 29.3 Å². The summed E-state index contributed by atoms with van der Waals surface area (Å²) in [5, 5.41) is 11.1. The Balaban J connectivity index is 1.79. The number of benzene rings is 1. The van der Waals surface area contributed by atoms with Crippen LogP contribution in [0.25, 0.3) is 0 Å². The number of rotatable bonds is 5. The zero-order valence-electron chi connectivity index (χ0n) is 11.5. The van der Waals surface area contributed by atoms with E-state index in [0.717, 1.165) is 21.6 Å². The predicted molar refractivity (Wildman–Crippen MR) is 83.9 cm³/mol. The van der Waals surface area contributed by atoms with Crippen LogP contribution in [-0.4, -0.2) is 17.0 Å². The van der Waals surface area contributed by atoms with Crippen LogP contribution in [0.1, 0.15) is 39.0 Å². The maximum absolute atomic E-state index is 10.3. The first-order chi connectivity index (χ1) is 9.20. The Kier molecular flexibility index (Phi) is 6.06. The molecule has 1 N–H and O–H groups in total. The van der Waals surface area contributed by atoms with E-state index in [1.54, 1.807) is 11.8 Å². The van der Waals surface area contributed by atoms with E-state index in [1.165, 1.54) is 32.1 Å². The molecule has 106 valence electrons. The van der Waals surface area contributed by atoms with Crippen LogP contribution in [0.2, 0.25) is 5.02 Å². The molecule has 1 unspecified atom stereocenters. The van der Waals surface area contributed by atoms with Gasteiger partial charge in [-0.25, -0.2) is 0 Å². The summed E-state index contributed by atoms with van der Waals surface area (Å²) in [6, 6.07) is 7.86. The van der Waals surface area contributed by atoms with E-state index in [4.69, 9.17) is 11.6 Å². The summed E-state index contributed by atoms with van der Waals surface area (Å²) in [4.78, 5) is 1.07. The van der Waals surface area contributed by atoms with Gasteiger partial charge in [0.05, 0.1) is 11.1 Å². The van der Waals surface area contributed by atoms with E-state index in [9.17, 15) is 5.11 Å². The summed E-state index contributed by atoms with van der Waals surface area (Å²) in [5.74, 6) is 2.13. The number of aliphatic hydroxyl groups is 1. The SMILES string of the molecule is CCC1CCC(C(O)CSc2ccccc2Cl)CC1. The Morgan fingerprint density at radius 1 is 1.26 bits per heavy atom. The summed E-state index contributed by atoms with van der Waals surface area (Å²) >= 11 is 7.80. The van der Waals surface area contributed by atoms with Gasteiger partial charge >= 0.3 is 0 Å². The number of halogens is 1. The molecule has 19 heavy (non-hydrogen) atoms. The fourth-order valence-electron chi connectivity index (χ4n) is 2.85. The van der Waals surface area contributed by atoms with Crippen molar-refractivity contribution in [1.82, 2.24) is 0 Å². The molecule has 1 nitrogen and oxygen atoms in total. The first kappa shape index (κ1) is 15.2. The maximum atomic E-state index is 10.3. The average molecular weight is 299 g/mol. The lowest BCUT2D eigenvalue weighted by Gasteiger charge is -2.30. The molecule has 0 saturated heterocycles. The molecule has 0 radical (unpaired) electrons.